The Hall–Kier alpha value is -2.30. The molecule has 0 amide bonds. The molecule has 0 saturated carbocycles. The van der Waals surface area contributed by atoms with E-state index in [9.17, 15) is 4.39 Å². The van der Waals surface area contributed by atoms with E-state index in [0.717, 1.165) is 5.69 Å². The molecule has 0 spiro atoms. The molecule has 20 heavy (non-hydrogen) atoms. The first-order valence-corrected chi connectivity index (χ1v) is 6.45. The number of nitrogens with zero attached hydrogens (tertiary/aromatic N) is 1. The summed E-state index contributed by atoms with van der Waals surface area (Å²) < 4.78 is 24.3. The van der Waals surface area contributed by atoms with E-state index in [4.69, 9.17) is 15.2 Å². The molecule has 2 N–H and O–H groups in total. The van der Waals surface area contributed by atoms with Crippen LogP contribution in [-0.2, 0) is 6.42 Å². The highest BCUT2D eigenvalue weighted by Gasteiger charge is 2.10. The fourth-order valence-electron chi connectivity index (χ4n) is 1.75. The molecule has 5 heteroatoms. The van der Waals surface area contributed by atoms with Crippen molar-refractivity contribution in [3.63, 3.8) is 0 Å². The Morgan fingerprint density at radius 3 is 2.75 bits per heavy atom. The van der Waals surface area contributed by atoms with E-state index >= 15 is 0 Å². The number of nitrogen functional groups attached to an aromatic ring is 1. The first-order valence-electron chi connectivity index (χ1n) is 6.45. The lowest BCUT2D eigenvalue weighted by Crippen LogP contribution is -2.05. The van der Waals surface area contributed by atoms with Gasteiger partial charge in [-0.25, -0.2) is 4.39 Å². The number of hydrogen-bond donors (Lipinski definition) is 1. The molecule has 0 saturated heterocycles. The van der Waals surface area contributed by atoms with Gasteiger partial charge >= 0.3 is 0 Å². The van der Waals surface area contributed by atoms with Crippen LogP contribution in [0.3, 0.4) is 0 Å². The maximum atomic E-state index is 13.5. The summed E-state index contributed by atoms with van der Waals surface area (Å²) in [6.07, 6.45) is 2.39. The number of hydrogen-bond acceptors (Lipinski definition) is 4. The van der Waals surface area contributed by atoms with Crippen molar-refractivity contribution in [1.82, 2.24) is 4.98 Å². The second kappa shape index (κ2) is 6.75. The van der Waals surface area contributed by atoms with Gasteiger partial charge in [0.05, 0.1) is 18.9 Å². The van der Waals surface area contributed by atoms with Gasteiger partial charge in [-0.2, -0.15) is 0 Å². The summed E-state index contributed by atoms with van der Waals surface area (Å²) in [7, 11) is 0. The number of benzene rings is 1. The Labute approximate surface area is 117 Å². The van der Waals surface area contributed by atoms with Gasteiger partial charge in [-0.15, -0.1) is 0 Å². The van der Waals surface area contributed by atoms with E-state index in [1.165, 1.54) is 12.1 Å². The van der Waals surface area contributed by atoms with E-state index in [0.29, 0.717) is 25.4 Å². The van der Waals surface area contributed by atoms with E-state index < -0.39 is 5.82 Å². The summed E-state index contributed by atoms with van der Waals surface area (Å²) >= 11 is 0. The third kappa shape index (κ3) is 3.60. The molecular weight excluding hydrogens is 259 g/mol. The zero-order valence-corrected chi connectivity index (χ0v) is 11.3. The van der Waals surface area contributed by atoms with Crippen LogP contribution in [0.5, 0.6) is 11.5 Å². The average molecular weight is 276 g/mol. The topological polar surface area (TPSA) is 57.4 Å². The highest BCUT2D eigenvalue weighted by molar-refractivity contribution is 5.56. The SMILES string of the molecule is CCOc1cc(OCCc2ccccn2)c(N)cc1F. The lowest BCUT2D eigenvalue weighted by molar-refractivity contribution is 0.304. The highest BCUT2D eigenvalue weighted by Crippen LogP contribution is 2.30. The van der Waals surface area contributed by atoms with Crippen LogP contribution in [0.25, 0.3) is 0 Å². The molecular formula is C15H17FN2O2. The Balaban J connectivity index is 2.00. The molecule has 0 aliphatic heterocycles. The molecule has 1 aromatic heterocycles. The van der Waals surface area contributed by atoms with E-state index in [1.54, 1.807) is 13.1 Å². The molecule has 0 unspecified atom stereocenters. The first-order chi connectivity index (χ1) is 9.70. The van der Waals surface area contributed by atoms with Gasteiger partial charge < -0.3 is 15.2 Å². The number of halogens is 1. The van der Waals surface area contributed by atoms with Crippen molar-refractivity contribution in [2.24, 2.45) is 0 Å². The van der Waals surface area contributed by atoms with Gasteiger partial charge in [0.15, 0.2) is 11.6 Å². The summed E-state index contributed by atoms with van der Waals surface area (Å²) in [6.45, 7) is 2.59. The van der Waals surface area contributed by atoms with E-state index in [-0.39, 0.29) is 11.4 Å². The van der Waals surface area contributed by atoms with Gasteiger partial charge in [0, 0.05) is 30.4 Å². The van der Waals surface area contributed by atoms with Crippen molar-refractivity contribution in [3.8, 4) is 11.5 Å². The number of anilines is 1. The number of aromatic nitrogens is 1. The molecule has 2 rings (SSSR count). The average Bonchev–Trinajstić information content (AvgIpc) is 2.45. The van der Waals surface area contributed by atoms with Crippen molar-refractivity contribution >= 4 is 5.69 Å². The predicted molar refractivity (Wildman–Crippen MR) is 75.4 cm³/mol. The van der Waals surface area contributed by atoms with Crippen molar-refractivity contribution in [2.75, 3.05) is 18.9 Å². The smallest absolute Gasteiger partial charge is 0.167 e. The van der Waals surface area contributed by atoms with Crippen LogP contribution in [0, 0.1) is 5.82 Å². The molecule has 1 heterocycles. The summed E-state index contributed by atoms with van der Waals surface area (Å²) in [5.74, 6) is 0.0849. The summed E-state index contributed by atoms with van der Waals surface area (Å²) in [4.78, 5) is 4.20. The molecule has 4 nitrogen and oxygen atoms in total. The molecule has 0 atom stereocenters. The van der Waals surface area contributed by atoms with Crippen molar-refractivity contribution < 1.29 is 13.9 Å². The van der Waals surface area contributed by atoms with Crippen LogP contribution in [0.1, 0.15) is 12.6 Å². The van der Waals surface area contributed by atoms with Crippen LogP contribution in [0.2, 0.25) is 0 Å². The lowest BCUT2D eigenvalue weighted by atomic mass is 10.2. The maximum absolute atomic E-state index is 13.5. The van der Waals surface area contributed by atoms with Crippen molar-refractivity contribution in [1.29, 1.82) is 0 Å². The van der Waals surface area contributed by atoms with Gasteiger partial charge in [-0.3, -0.25) is 4.98 Å². The van der Waals surface area contributed by atoms with Gasteiger partial charge in [0.25, 0.3) is 0 Å². The number of pyridine rings is 1. The molecule has 0 radical (unpaired) electrons. The molecule has 0 aliphatic carbocycles. The Morgan fingerprint density at radius 1 is 1.20 bits per heavy atom. The molecule has 1 aromatic carbocycles. The zero-order valence-electron chi connectivity index (χ0n) is 11.3. The predicted octanol–water partition coefficient (Wildman–Crippen LogP) is 2.82. The van der Waals surface area contributed by atoms with Gasteiger partial charge in [0.2, 0.25) is 0 Å². The van der Waals surface area contributed by atoms with Gasteiger partial charge in [0.1, 0.15) is 5.75 Å². The molecule has 0 bridgehead atoms. The monoisotopic (exact) mass is 276 g/mol. The Kier molecular flexibility index (Phi) is 4.76. The second-order valence-electron chi connectivity index (χ2n) is 4.17. The minimum atomic E-state index is -0.485. The van der Waals surface area contributed by atoms with Crippen molar-refractivity contribution in [3.05, 3.63) is 48.0 Å². The fraction of sp³-hybridized carbons (Fsp3) is 0.267. The third-order valence-electron chi connectivity index (χ3n) is 2.71. The second-order valence-corrected chi connectivity index (χ2v) is 4.17. The van der Waals surface area contributed by atoms with Gasteiger partial charge in [-0.1, -0.05) is 6.07 Å². The fourth-order valence-corrected chi connectivity index (χ4v) is 1.75. The van der Waals surface area contributed by atoms with Crippen LogP contribution in [-0.4, -0.2) is 18.2 Å². The van der Waals surface area contributed by atoms with E-state index in [2.05, 4.69) is 4.98 Å². The third-order valence-corrected chi connectivity index (χ3v) is 2.71. The number of ether oxygens (including phenoxy) is 2. The summed E-state index contributed by atoms with van der Waals surface area (Å²) in [5, 5.41) is 0. The Bertz CT molecular complexity index is 561. The number of nitrogens with two attached hydrogens (primary N) is 1. The number of rotatable bonds is 6. The van der Waals surface area contributed by atoms with Crippen LogP contribution in [0.4, 0.5) is 10.1 Å². The van der Waals surface area contributed by atoms with E-state index in [1.807, 2.05) is 18.2 Å². The van der Waals surface area contributed by atoms with Crippen LogP contribution >= 0.6 is 0 Å². The highest BCUT2D eigenvalue weighted by atomic mass is 19.1. The summed E-state index contributed by atoms with van der Waals surface area (Å²) in [6, 6.07) is 8.38. The first kappa shape index (κ1) is 14.1. The van der Waals surface area contributed by atoms with Gasteiger partial charge in [-0.05, 0) is 19.1 Å². The zero-order chi connectivity index (χ0) is 14.4. The standard InChI is InChI=1S/C15H17FN2O2/c1-2-19-14-10-15(13(17)9-12(14)16)20-8-6-11-5-3-4-7-18-11/h3-5,7,9-10H,2,6,8,17H2,1H3. The largest absolute Gasteiger partial charge is 0.491 e. The quantitative estimate of drug-likeness (QED) is 0.824. The van der Waals surface area contributed by atoms with Crippen LogP contribution in [0.15, 0.2) is 36.5 Å². The maximum Gasteiger partial charge on any atom is 0.167 e. The molecule has 106 valence electrons. The van der Waals surface area contributed by atoms with Crippen LogP contribution < -0.4 is 15.2 Å². The summed E-state index contributed by atoms with van der Waals surface area (Å²) in [5.41, 5.74) is 6.92. The Morgan fingerprint density at radius 2 is 2.05 bits per heavy atom. The normalized spacial score (nSPS) is 10.3. The minimum absolute atomic E-state index is 0.148. The van der Waals surface area contributed by atoms with Crippen molar-refractivity contribution in [2.45, 2.75) is 13.3 Å². The molecule has 0 aliphatic rings. The minimum Gasteiger partial charge on any atom is -0.491 e. The molecule has 0 fully saturated rings. The lowest BCUT2D eigenvalue weighted by Gasteiger charge is -2.12. The molecule has 2 aromatic rings.